The molecule has 1 N–H and O–H groups in total. The minimum absolute atomic E-state index is 0.201. The third kappa shape index (κ3) is 4.21. The summed E-state index contributed by atoms with van der Waals surface area (Å²) in [5.41, 5.74) is -1.32. The lowest BCUT2D eigenvalue weighted by Crippen LogP contribution is -2.48. The third-order valence-corrected chi connectivity index (χ3v) is 4.16. The molecular weight excluding hydrogens is 302 g/mol. The van der Waals surface area contributed by atoms with Gasteiger partial charge in [-0.05, 0) is 36.1 Å². The molecule has 1 heterocycles. The van der Waals surface area contributed by atoms with Crippen LogP contribution in [0.2, 0.25) is 5.02 Å². The number of rotatable bonds is 6. The summed E-state index contributed by atoms with van der Waals surface area (Å²) >= 11 is 5.86. The Kier molecular flexibility index (Phi) is 5.08. The van der Waals surface area contributed by atoms with Crippen LogP contribution in [0, 0.1) is 5.41 Å². The van der Waals surface area contributed by atoms with Crippen molar-refractivity contribution < 1.29 is 9.84 Å². The molecule has 0 radical (unpaired) electrons. The van der Waals surface area contributed by atoms with E-state index in [0.717, 1.165) is 0 Å². The van der Waals surface area contributed by atoms with Crippen LogP contribution >= 0.6 is 11.6 Å². The molecule has 0 bridgehead atoms. The normalized spacial score (nSPS) is 14.6. The first kappa shape index (κ1) is 16.8. The first-order chi connectivity index (χ1) is 10.3. The monoisotopic (exact) mass is 323 g/mol. The Morgan fingerprint density at radius 2 is 1.91 bits per heavy atom. The van der Waals surface area contributed by atoms with Gasteiger partial charge in [-0.15, -0.1) is 0 Å². The van der Waals surface area contributed by atoms with E-state index in [1.807, 2.05) is 20.8 Å². The molecule has 0 saturated carbocycles. The van der Waals surface area contributed by atoms with Crippen LogP contribution in [0.4, 0.5) is 0 Å². The molecule has 0 spiro atoms. The molecule has 0 aliphatic heterocycles. The highest BCUT2D eigenvalue weighted by Crippen LogP contribution is 2.34. The first-order valence-corrected chi connectivity index (χ1v) is 7.61. The van der Waals surface area contributed by atoms with Gasteiger partial charge in [0, 0.05) is 11.6 Å². The molecule has 0 saturated heterocycles. The van der Waals surface area contributed by atoms with Crippen molar-refractivity contribution in [2.45, 2.75) is 39.3 Å². The molecule has 1 atom stereocenters. The van der Waals surface area contributed by atoms with Gasteiger partial charge < -0.3 is 9.84 Å². The summed E-state index contributed by atoms with van der Waals surface area (Å²) in [6, 6.07) is 7.12. The van der Waals surface area contributed by atoms with Crippen molar-refractivity contribution in [3.05, 3.63) is 41.9 Å². The van der Waals surface area contributed by atoms with E-state index < -0.39 is 5.60 Å². The molecule has 0 fully saturated rings. The molecule has 1 unspecified atom stereocenters. The summed E-state index contributed by atoms with van der Waals surface area (Å²) in [4.78, 5) is 3.91. The molecule has 0 aliphatic rings. The van der Waals surface area contributed by atoms with Gasteiger partial charge in [-0.25, -0.2) is 4.98 Å². The zero-order valence-corrected chi connectivity index (χ0v) is 13.9. The smallest absolute Gasteiger partial charge is 0.137 e. The van der Waals surface area contributed by atoms with Crippen molar-refractivity contribution in [2.24, 2.45) is 5.41 Å². The maximum Gasteiger partial charge on any atom is 0.137 e. The van der Waals surface area contributed by atoms with Crippen molar-refractivity contribution >= 4 is 11.6 Å². The SMILES string of the molecule is CC(C)(C)C(O)(CCn1cncn1)COc1ccc(Cl)cc1. The Morgan fingerprint density at radius 1 is 1.23 bits per heavy atom. The van der Waals surface area contributed by atoms with Crippen molar-refractivity contribution in [1.82, 2.24) is 14.8 Å². The largest absolute Gasteiger partial charge is 0.491 e. The number of hydrogen-bond acceptors (Lipinski definition) is 4. The summed E-state index contributed by atoms with van der Waals surface area (Å²) in [7, 11) is 0. The van der Waals surface area contributed by atoms with Crippen LogP contribution in [0.25, 0.3) is 0 Å². The lowest BCUT2D eigenvalue weighted by Gasteiger charge is -2.40. The second-order valence-electron chi connectivity index (χ2n) is 6.43. The maximum atomic E-state index is 11.0. The van der Waals surface area contributed by atoms with Crippen LogP contribution in [0.15, 0.2) is 36.9 Å². The fourth-order valence-electron chi connectivity index (χ4n) is 2.04. The highest BCUT2D eigenvalue weighted by Gasteiger charge is 2.40. The third-order valence-electron chi connectivity index (χ3n) is 3.91. The van der Waals surface area contributed by atoms with Crippen LogP contribution in [-0.2, 0) is 6.54 Å². The number of aryl methyl sites for hydroxylation is 1. The summed E-state index contributed by atoms with van der Waals surface area (Å²) in [5, 5.41) is 15.8. The molecule has 5 nitrogen and oxygen atoms in total. The average Bonchev–Trinajstić information content (AvgIpc) is 2.97. The van der Waals surface area contributed by atoms with Gasteiger partial charge in [0.1, 0.15) is 30.6 Å². The van der Waals surface area contributed by atoms with Crippen LogP contribution in [0.3, 0.4) is 0 Å². The molecular formula is C16H22ClN3O2. The van der Waals surface area contributed by atoms with Gasteiger partial charge in [0.05, 0.1) is 0 Å². The summed E-state index contributed by atoms with van der Waals surface area (Å²) < 4.78 is 7.48. The Bertz CT molecular complexity index is 578. The number of benzene rings is 1. The Hall–Kier alpha value is -1.59. The number of hydrogen-bond donors (Lipinski definition) is 1. The molecule has 0 aliphatic carbocycles. The number of aromatic nitrogens is 3. The van der Waals surface area contributed by atoms with E-state index in [0.29, 0.717) is 23.7 Å². The van der Waals surface area contributed by atoms with Crippen molar-refractivity contribution in [2.75, 3.05) is 6.61 Å². The van der Waals surface area contributed by atoms with E-state index >= 15 is 0 Å². The highest BCUT2D eigenvalue weighted by atomic mass is 35.5. The van der Waals surface area contributed by atoms with Crippen LogP contribution in [0.1, 0.15) is 27.2 Å². The summed E-state index contributed by atoms with van der Waals surface area (Å²) in [6.45, 7) is 6.78. The van der Waals surface area contributed by atoms with Gasteiger partial charge in [-0.2, -0.15) is 5.10 Å². The molecule has 1 aromatic carbocycles. The predicted molar refractivity (Wildman–Crippen MR) is 86.0 cm³/mol. The molecule has 120 valence electrons. The van der Waals surface area contributed by atoms with E-state index in [-0.39, 0.29) is 12.0 Å². The van der Waals surface area contributed by atoms with Crippen LogP contribution < -0.4 is 4.74 Å². The molecule has 6 heteroatoms. The minimum Gasteiger partial charge on any atom is -0.491 e. The first-order valence-electron chi connectivity index (χ1n) is 7.23. The highest BCUT2D eigenvalue weighted by molar-refractivity contribution is 6.30. The van der Waals surface area contributed by atoms with Crippen molar-refractivity contribution in [1.29, 1.82) is 0 Å². The van der Waals surface area contributed by atoms with Gasteiger partial charge in [0.2, 0.25) is 0 Å². The zero-order valence-electron chi connectivity index (χ0n) is 13.2. The van der Waals surface area contributed by atoms with Gasteiger partial charge in [-0.1, -0.05) is 32.4 Å². The lowest BCUT2D eigenvalue weighted by molar-refractivity contribution is -0.0962. The number of nitrogens with zero attached hydrogens (tertiary/aromatic N) is 3. The predicted octanol–water partition coefficient (Wildman–Crippen LogP) is 3.18. The standard InChI is InChI=1S/C16H22ClN3O2/c1-15(2,3)16(21,8-9-20-12-18-11-19-20)10-22-14-6-4-13(17)5-7-14/h4-7,11-12,21H,8-10H2,1-3H3. The number of halogens is 1. The Balaban J connectivity index is 2.03. The fourth-order valence-corrected chi connectivity index (χ4v) is 2.17. The topological polar surface area (TPSA) is 60.2 Å². The maximum absolute atomic E-state index is 11.0. The van der Waals surface area contributed by atoms with E-state index in [2.05, 4.69) is 10.1 Å². The molecule has 1 aromatic heterocycles. The molecule has 2 rings (SSSR count). The van der Waals surface area contributed by atoms with Gasteiger partial charge in [0.15, 0.2) is 0 Å². The molecule has 22 heavy (non-hydrogen) atoms. The van der Waals surface area contributed by atoms with Crippen LogP contribution in [-0.4, -0.2) is 32.1 Å². The van der Waals surface area contributed by atoms with E-state index in [1.165, 1.54) is 6.33 Å². The van der Waals surface area contributed by atoms with Gasteiger partial charge in [-0.3, -0.25) is 4.68 Å². The number of ether oxygens (including phenoxy) is 1. The molecule has 2 aromatic rings. The number of aliphatic hydroxyl groups is 1. The second-order valence-corrected chi connectivity index (χ2v) is 6.87. The lowest BCUT2D eigenvalue weighted by atomic mass is 9.75. The second kappa shape index (κ2) is 6.67. The summed E-state index contributed by atoms with van der Waals surface area (Å²) in [5.74, 6) is 0.688. The quantitative estimate of drug-likeness (QED) is 0.887. The average molecular weight is 324 g/mol. The summed E-state index contributed by atoms with van der Waals surface area (Å²) in [6.07, 6.45) is 3.65. The van der Waals surface area contributed by atoms with Gasteiger partial charge in [0.25, 0.3) is 0 Å². The Labute approximate surface area is 135 Å². The fraction of sp³-hybridized carbons (Fsp3) is 0.500. The van der Waals surface area contributed by atoms with Crippen molar-refractivity contribution in [3.63, 3.8) is 0 Å². The van der Waals surface area contributed by atoms with Crippen LogP contribution in [0.5, 0.6) is 5.75 Å². The van der Waals surface area contributed by atoms with E-state index in [1.54, 1.807) is 35.3 Å². The minimum atomic E-state index is -0.988. The van der Waals surface area contributed by atoms with E-state index in [4.69, 9.17) is 16.3 Å². The van der Waals surface area contributed by atoms with Crippen molar-refractivity contribution in [3.8, 4) is 5.75 Å². The zero-order chi connectivity index (χ0) is 16.2. The molecule has 0 amide bonds. The van der Waals surface area contributed by atoms with Gasteiger partial charge >= 0.3 is 0 Å². The Morgan fingerprint density at radius 3 is 2.45 bits per heavy atom. The van der Waals surface area contributed by atoms with E-state index in [9.17, 15) is 5.11 Å².